The molecule has 2 rings (SSSR count). The Morgan fingerprint density at radius 2 is 1.71 bits per heavy atom. The first-order valence-corrected chi connectivity index (χ1v) is 8.72. The molecule has 0 aliphatic carbocycles. The van der Waals surface area contributed by atoms with Crippen molar-refractivity contribution in [2.75, 3.05) is 0 Å². The standard InChI is InChI=1S/C19H30O2/c1-2-3-4-5-6-7-9-16-12-14-17(15-13-16)18-10-8-11-19(20)21-18/h12-15,18-20H,2-11H2,1H3. The molecule has 2 unspecified atom stereocenters. The molecule has 0 bridgehead atoms. The summed E-state index contributed by atoms with van der Waals surface area (Å²) in [4.78, 5) is 0. The Balaban J connectivity index is 1.71. The van der Waals surface area contributed by atoms with E-state index in [9.17, 15) is 5.11 Å². The van der Waals surface area contributed by atoms with Crippen LogP contribution in [0.3, 0.4) is 0 Å². The molecule has 0 spiro atoms. The first-order valence-electron chi connectivity index (χ1n) is 8.72. The molecule has 1 fully saturated rings. The molecule has 0 aromatic heterocycles. The molecule has 0 radical (unpaired) electrons. The second kappa shape index (κ2) is 9.22. The zero-order valence-corrected chi connectivity index (χ0v) is 13.4. The first kappa shape index (κ1) is 16.5. The van der Waals surface area contributed by atoms with Crippen LogP contribution in [0, 0.1) is 0 Å². The summed E-state index contributed by atoms with van der Waals surface area (Å²) < 4.78 is 5.60. The van der Waals surface area contributed by atoms with E-state index in [4.69, 9.17) is 4.74 Å². The Morgan fingerprint density at radius 1 is 1.00 bits per heavy atom. The normalized spacial score (nSPS) is 22.4. The van der Waals surface area contributed by atoms with Gasteiger partial charge in [0.1, 0.15) is 0 Å². The lowest BCUT2D eigenvalue weighted by Gasteiger charge is -2.27. The number of aliphatic hydroxyl groups excluding tert-OH is 1. The second-order valence-corrected chi connectivity index (χ2v) is 6.27. The fraction of sp³-hybridized carbons (Fsp3) is 0.684. The minimum absolute atomic E-state index is 0.0804. The number of aliphatic hydroxyl groups is 1. The number of rotatable bonds is 8. The third-order valence-electron chi connectivity index (χ3n) is 4.41. The van der Waals surface area contributed by atoms with Crippen molar-refractivity contribution in [1.29, 1.82) is 0 Å². The lowest BCUT2D eigenvalue weighted by molar-refractivity contribution is -0.164. The number of unbranched alkanes of at least 4 members (excludes halogenated alkanes) is 5. The minimum atomic E-state index is -0.577. The van der Waals surface area contributed by atoms with E-state index >= 15 is 0 Å². The molecule has 1 aliphatic heterocycles. The average molecular weight is 290 g/mol. The van der Waals surface area contributed by atoms with Gasteiger partial charge in [0.15, 0.2) is 6.29 Å². The largest absolute Gasteiger partial charge is 0.368 e. The van der Waals surface area contributed by atoms with Gasteiger partial charge in [-0.05, 0) is 43.2 Å². The zero-order chi connectivity index (χ0) is 14.9. The summed E-state index contributed by atoms with van der Waals surface area (Å²) in [6, 6.07) is 8.81. The van der Waals surface area contributed by atoms with Gasteiger partial charge >= 0.3 is 0 Å². The van der Waals surface area contributed by atoms with Crippen LogP contribution >= 0.6 is 0 Å². The molecule has 2 heteroatoms. The van der Waals surface area contributed by atoms with Crippen LogP contribution in [0.1, 0.15) is 81.9 Å². The highest BCUT2D eigenvalue weighted by Crippen LogP contribution is 2.30. The predicted octanol–water partition coefficient (Wildman–Crippen LogP) is 5.15. The first-order chi connectivity index (χ1) is 10.3. The van der Waals surface area contributed by atoms with E-state index in [-0.39, 0.29) is 6.10 Å². The lowest BCUT2D eigenvalue weighted by atomic mass is 9.98. The van der Waals surface area contributed by atoms with E-state index in [1.807, 2.05) is 0 Å². The number of hydrogen-bond donors (Lipinski definition) is 1. The van der Waals surface area contributed by atoms with Crippen molar-refractivity contribution in [2.45, 2.75) is 83.5 Å². The highest BCUT2D eigenvalue weighted by molar-refractivity contribution is 5.24. The minimum Gasteiger partial charge on any atom is -0.368 e. The van der Waals surface area contributed by atoms with Gasteiger partial charge in [0.25, 0.3) is 0 Å². The molecular formula is C19H30O2. The van der Waals surface area contributed by atoms with E-state index in [1.165, 1.54) is 56.1 Å². The topological polar surface area (TPSA) is 29.5 Å². The van der Waals surface area contributed by atoms with Crippen molar-refractivity contribution in [1.82, 2.24) is 0 Å². The van der Waals surface area contributed by atoms with E-state index in [0.29, 0.717) is 0 Å². The van der Waals surface area contributed by atoms with E-state index in [1.54, 1.807) is 0 Å². The third kappa shape index (κ3) is 5.80. The van der Waals surface area contributed by atoms with Crippen molar-refractivity contribution >= 4 is 0 Å². The van der Waals surface area contributed by atoms with Crippen LogP contribution in [-0.4, -0.2) is 11.4 Å². The summed E-state index contributed by atoms with van der Waals surface area (Å²) in [7, 11) is 0. The molecule has 1 aromatic rings. The fourth-order valence-electron chi connectivity index (χ4n) is 3.06. The molecule has 0 saturated carbocycles. The molecule has 118 valence electrons. The van der Waals surface area contributed by atoms with Crippen LogP contribution in [0.25, 0.3) is 0 Å². The summed E-state index contributed by atoms with van der Waals surface area (Å²) in [5.41, 5.74) is 2.63. The van der Waals surface area contributed by atoms with Crippen LogP contribution < -0.4 is 0 Å². The molecule has 1 saturated heterocycles. The van der Waals surface area contributed by atoms with Crippen molar-refractivity contribution in [3.63, 3.8) is 0 Å². The Bertz CT molecular complexity index is 385. The highest BCUT2D eigenvalue weighted by atomic mass is 16.6. The van der Waals surface area contributed by atoms with Crippen LogP contribution in [0.15, 0.2) is 24.3 Å². The summed E-state index contributed by atoms with van der Waals surface area (Å²) in [5.74, 6) is 0. The lowest BCUT2D eigenvalue weighted by Crippen LogP contribution is -2.21. The molecule has 0 amide bonds. The van der Waals surface area contributed by atoms with Gasteiger partial charge in [-0.25, -0.2) is 0 Å². The quantitative estimate of drug-likeness (QED) is 0.671. The van der Waals surface area contributed by atoms with Gasteiger partial charge in [0, 0.05) is 0 Å². The van der Waals surface area contributed by atoms with Gasteiger partial charge in [-0.2, -0.15) is 0 Å². The molecule has 1 aromatic carbocycles. The molecular weight excluding hydrogens is 260 g/mol. The van der Waals surface area contributed by atoms with Gasteiger partial charge in [-0.1, -0.05) is 63.3 Å². The van der Waals surface area contributed by atoms with Gasteiger partial charge in [0.05, 0.1) is 6.10 Å². The molecule has 1 N–H and O–H groups in total. The van der Waals surface area contributed by atoms with E-state index in [0.717, 1.165) is 19.3 Å². The van der Waals surface area contributed by atoms with Gasteiger partial charge in [0.2, 0.25) is 0 Å². The van der Waals surface area contributed by atoms with Crippen molar-refractivity contribution in [3.05, 3.63) is 35.4 Å². The summed E-state index contributed by atoms with van der Waals surface area (Å²) >= 11 is 0. The van der Waals surface area contributed by atoms with Gasteiger partial charge in [-0.15, -0.1) is 0 Å². The number of hydrogen-bond acceptors (Lipinski definition) is 2. The smallest absolute Gasteiger partial charge is 0.155 e. The number of benzene rings is 1. The predicted molar refractivity (Wildman–Crippen MR) is 87.2 cm³/mol. The summed E-state index contributed by atoms with van der Waals surface area (Å²) in [5, 5.41) is 9.58. The molecule has 2 nitrogen and oxygen atoms in total. The molecule has 2 atom stereocenters. The van der Waals surface area contributed by atoms with Crippen molar-refractivity contribution in [3.8, 4) is 0 Å². The maximum Gasteiger partial charge on any atom is 0.155 e. The van der Waals surface area contributed by atoms with Crippen LogP contribution in [-0.2, 0) is 11.2 Å². The SMILES string of the molecule is CCCCCCCCc1ccc(C2CCCC(O)O2)cc1. The van der Waals surface area contributed by atoms with Crippen LogP contribution in [0.4, 0.5) is 0 Å². The summed E-state index contributed by atoms with van der Waals surface area (Å²) in [6.45, 7) is 2.26. The molecule has 1 aliphatic rings. The molecule has 1 heterocycles. The third-order valence-corrected chi connectivity index (χ3v) is 4.41. The Hall–Kier alpha value is -0.860. The maximum atomic E-state index is 9.58. The van der Waals surface area contributed by atoms with Crippen molar-refractivity contribution < 1.29 is 9.84 Å². The maximum absolute atomic E-state index is 9.58. The highest BCUT2D eigenvalue weighted by Gasteiger charge is 2.21. The van der Waals surface area contributed by atoms with Crippen LogP contribution in [0.5, 0.6) is 0 Å². The monoisotopic (exact) mass is 290 g/mol. The van der Waals surface area contributed by atoms with E-state index < -0.39 is 6.29 Å². The summed E-state index contributed by atoms with van der Waals surface area (Å²) in [6.07, 6.45) is 11.6. The Kier molecular flexibility index (Phi) is 7.25. The second-order valence-electron chi connectivity index (χ2n) is 6.27. The fourth-order valence-corrected chi connectivity index (χ4v) is 3.06. The number of aryl methyl sites for hydroxylation is 1. The average Bonchev–Trinajstić information content (AvgIpc) is 2.51. The van der Waals surface area contributed by atoms with Gasteiger partial charge in [-0.3, -0.25) is 0 Å². The van der Waals surface area contributed by atoms with Crippen LogP contribution in [0.2, 0.25) is 0 Å². The Morgan fingerprint density at radius 3 is 2.43 bits per heavy atom. The Labute approximate surface area is 129 Å². The van der Waals surface area contributed by atoms with E-state index in [2.05, 4.69) is 31.2 Å². The molecule has 21 heavy (non-hydrogen) atoms. The zero-order valence-electron chi connectivity index (χ0n) is 13.4. The van der Waals surface area contributed by atoms with Crippen molar-refractivity contribution in [2.24, 2.45) is 0 Å². The van der Waals surface area contributed by atoms with Gasteiger partial charge < -0.3 is 9.84 Å². The number of ether oxygens (including phenoxy) is 1.